The van der Waals surface area contributed by atoms with Gasteiger partial charge in [-0.05, 0) is 43.6 Å². The first-order valence-electron chi connectivity index (χ1n) is 10.0. The van der Waals surface area contributed by atoms with Gasteiger partial charge in [-0.15, -0.1) is 0 Å². The fourth-order valence-corrected chi connectivity index (χ4v) is 3.77. The first-order valence-corrected chi connectivity index (χ1v) is 10.0. The minimum atomic E-state index is -0.304. The second-order valence-electron chi connectivity index (χ2n) is 7.24. The summed E-state index contributed by atoms with van der Waals surface area (Å²) < 4.78 is 6.82. The SMILES string of the molecule is O=CCn1c(-c2ccccc2)ccc(-c2noc(CCN3CCCCC3)n2)c1=O. The number of piperidine rings is 1. The number of carbonyl (C=O) groups excluding carboxylic acids is 1. The molecule has 0 spiro atoms. The number of hydrogen-bond donors (Lipinski definition) is 0. The number of likely N-dealkylation sites (tertiary alicyclic amines) is 1. The first-order chi connectivity index (χ1) is 14.3. The van der Waals surface area contributed by atoms with E-state index in [-0.39, 0.29) is 17.9 Å². The van der Waals surface area contributed by atoms with E-state index < -0.39 is 0 Å². The predicted octanol–water partition coefficient (Wildman–Crippen LogP) is 2.79. The van der Waals surface area contributed by atoms with E-state index in [4.69, 9.17) is 4.52 Å². The molecule has 1 fully saturated rings. The number of hydrogen-bond acceptors (Lipinski definition) is 6. The Balaban J connectivity index is 1.58. The third kappa shape index (κ3) is 4.35. The number of nitrogens with zero attached hydrogens (tertiary/aromatic N) is 4. The molecule has 1 aliphatic rings. The standard InChI is InChI=1S/C22H24N4O3/c27-16-15-26-19(17-7-3-1-4-8-17)10-9-18(22(26)28)21-23-20(29-24-21)11-14-25-12-5-2-6-13-25/h1,3-4,7-10,16H,2,5-6,11-15H2. The lowest BCUT2D eigenvalue weighted by Crippen LogP contribution is -2.31. The molecule has 0 N–H and O–H groups in total. The van der Waals surface area contributed by atoms with Crippen molar-refractivity contribution < 1.29 is 9.32 Å². The molecule has 0 aliphatic carbocycles. The maximum absolute atomic E-state index is 13.0. The van der Waals surface area contributed by atoms with Crippen LogP contribution in [-0.2, 0) is 17.8 Å². The van der Waals surface area contributed by atoms with Gasteiger partial charge in [-0.1, -0.05) is 41.9 Å². The third-order valence-corrected chi connectivity index (χ3v) is 5.30. The summed E-state index contributed by atoms with van der Waals surface area (Å²) in [7, 11) is 0. The van der Waals surface area contributed by atoms with Gasteiger partial charge in [0.1, 0.15) is 6.29 Å². The van der Waals surface area contributed by atoms with Gasteiger partial charge in [0.05, 0.1) is 17.8 Å². The van der Waals surface area contributed by atoms with Crippen LogP contribution >= 0.6 is 0 Å². The monoisotopic (exact) mass is 392 g/mol. The largest absolute Gasteiger partial charge is 0.339 e. The van der Waals surface area contributed by atoms with E-state index in [9.17, 15) is 9.59 Å². The van der Waals surface area contributed by atoms with E-state index in [1.165, 1.54) is 23.8 Å². The predicted molar refractivity (Wildman–Crippen MR) is 109 cm³/mol. The summed E-state index contributed by atoms with van der Waals surface area (Å²) in [6.07, 6.45) is 5.15. The molecule has 1 saturated heterocycles. The lowest BCUT2D eigenvalue weighted by molar-refractivity contribution is -0.108. The smallest absolute Gasteiger partial charge is 0.262 e. The van der Waals surface area contributed by atoms with Crippen LogP contribution in [0.2, 0.25) is 0 Å². The van der Waals surface area contributed by atoms with Gasteiger partial charge in [-0.3, -0.25) is 4.79 Å². The zero-order valence-electron chi connectivity index (χ0n) is 16.3. The molecule has 7 nitrogen and oxygen atoms in total. The van der Waals surface area contributed by atoms with Crippen LogP contribution in [0.3, 0.4) is 0 Å². The summed E-state index contributed by atoms with van der Waals surface area (Å²) >= 11 is 0. The topological polar surface area (TPSA) is 81.2 Å². The molecule has 150 valence electrons. The molecule has 0 unspecified atom stereocenters. The van der Waals surface area contributed by atoms with Gasteiger partial charge in [0.15, 0.2) is 0 Å². The van der Waals surface area contributed by atoms with Crippen molar-refractivity contribution in [1.82, 2.24) is 19.6 Å². The summed E-state index contributed by atoms with van der Waals surface area (Å²) in [4.78, 5) is 31.1. The molecule has 4 rings (SSSR count). The molecular formula is C22H24N4O3. The zero-order chi connectivity index (χ0) is 20.1. The normalized spacial score (nSPS) is 14.8. The Bertz CT molecular complexity index is 1020. The van der Waals surface area contributed by atoms with Crippen LogP contribution in [0.15, 0.2) is 51.8 Å². The van der Waals surface area contributed by atoms with Crippen LogP contribution in [0.25, 0.3) is 22.6 Å². The Morgan fingerprint density at radius 3 is 2.59 bits per heavy atom. The van der Waals surface area contributed by atoms with Crippen molar-refractivity contribution in [3.05, 3.63) is 58.7 Å². The van der Waals surface area contributed by atoms with Crippen LogP contribution < -0.4 is 5.56 Å². The second-order valence-corrected chi connectivity index (χ2v) is 7.24. The lowest BCUT2D eigenvalue weighted by atomic mass is 10.1. The van der Waals surface area contributed by atoms with E-state index in [1.54, 1.807) is 6.07 Å². The Labute approximate surface area is 169 Å². The Kier molecular flexibility index (Phi) is 5.95. The van der Waals surface area contributed by atoms with Gasteiger partial charge >= 0.3 is 0 Å². The number of aromatic nitrogens is 3. The molecule has 0 saturated carbocycles. The van der Waals surface area contributed by atoms with E-state index in [1.807, 2.05) is 36.4 Å². The Morgan fingerprint density at radius 1 is 1.03 bits per heavy atom. The minimum absolute atomic E-state index is 0.0312. The van der Waals surface area contributed by atoms with Crippen LogP contribution in [0.4, 0.5) is 0 Å². The van der Waals surface area contributed by atoms with Crippen molar-refractivity contribution in [1.29, 1.82) is 0 Å². The van der Waals surface area contributed by atoms with Gasteiger partial charge in [-0.25, -0.2) is 0 Å². The van der Waals surface area contributed by atoms with E-state index in [0.717, 1.165) is 31.5 Å². The molecule has 0 amide bonds. The summed E-state index contributed by atoms with van der Waals surface area (Å²) in [6.45, 7) is 3.07. The molecule has 0 radical (unpaired) electrons. The fourth-order valence-electron chi connectivity index (χ4n) is 3.77. The van der Waals surface area contributed by atoms with Gasteiger partial charge in [0, 0.05) is 13.0 Å². The number of aldehydes is 1. The summed E-state index contributed by atoms with van der Waals surface area (Å²) in [5, 5.41) is 4.01. The molecule has 7 heteroatoms. The fraction of sp³-hybridized carbons (Fsp3) is 0.364. The highest BCUT2D eigenvalue weighted by molar-refractivity contribution is 5.65. The molecule has 0 atom stereocenters. The Morgan fingerprint density at radius 2 is 1.83 bits per heavy atom. The lowest BCUT2D eigenvalue weighted by Gasteiger charge is -2.25. The second kappa shape index (κ2) is 8.96. The van der Waals surface area contributed by atoms with Crippen molar-refractivity contribution in [2.45, 2.75) is 32.2 Å². The third-order valence-electron chi connectivity index (χ3n) is 5.30. The van der Waals surface area contributed by atoms with Crippen molar-refractivity contribution in [3.63, 3.8) is 0 Å². The molecule has 1 aromatic carbocycles. The van der Waals surface area contributed by atoms with Crippen molar-refractivity contribution in [2.75, 3.05) is 19.6 Å². The Hall–Kier alpha value is -3.06. The van der Waals surface area contributed by atoms with E-state index >= 15 is 0 Å². The zero-order valence-corrected chi connectivity index (χ0v) is 16.3. The quantitative estimate of drug-likeness (QED) is 0.575. The first kappa shape index (κ1) is 19.3. The highest BCUT2D eigenvalue weighted by Gasteiger charge is 2.17. The van der Waals surface area contributed by atoms with Gasteiger partial charge < -0.3 is 18.8 Å². The van der Waals surface area contributed by atoms with Crippen molar-refractivity contribution >= 4 is 6.29 Å². The van der Waals surface area contributed by atoms with Crippen LogP contribution in [0, 0.1) is 0 Å². The maximum Gasteiger partial charge on any atom is 0.262 e. The average molecular weight is 392 g/mol. The number of rotatable bonds is 7. The summed E-state index contributed by atoms with van der Waals surface area (Å²) in [5.74, 6) is 0.793. The van der Waals surface area contributed by atoms with Crippen LogP contribution in [0.1, 0.15) is 25.2 Å². The van der Waals surface area contributed by atoms with Crippen molar-refractivity contribution in [3.8, 4) is 22.6 Å². The average Bonchev–Trinajstić information content (AvgIpc) is 3.24. The molecule has 3 heterocycles. The van der Waals surface area contributed by atoms with Crippen LogP contribution in [-0.4, -0.2) is 45.5 Å². The number of benzene rings is 1. The van der Waals surface area contributed by atoms with Gasteiger partial charge in [-0.2, -0.15) is 4.98 Å². The van der Waals surface area contributed by atoms with E-state index in [2.05, 4.69) is 15.0 Å². The summed E-state index contributed by atoms with van der Waals surface area (Å²) in [6, 6.07) is 13.0. The van der Waals surface area contributed by atoms with Gasteiger partial charge in [0.2, 0.25) is 11.7 Å². The molecule has 2 aromatic heterocycles. The molecule has 1 aliphatic heterocycles. The van der Waals surface area contributed by atoms with E-state index in [0.29, 0.717) is 23.6 Å². The highest BCUT2D eigenvalue weighted by Crippen LogP contribution is 2.21. The number of pyridine rings is 1. The molecule has 29 heavy (non-hydrogen) atoms. The molecule has 0 bridgehead atoms. The maximum atomic E-state index is 13.0. The molecule has 3 aromatic rings. The number of carbonyl (C=O) groups is 1. The minimum Gasteiger partial charge on any atom is -0.339 e. The summed E-state index contributed by atoms with van der Waals surface area (Å²) in [5.41, 5.74) is 1.58. The molecular weight excluding hydrogens is 368 g/mol. The van der Waals surface area contributed by atoms with Crippen LogP contribution in [0.5, 0.6) is 0 Å². The van der Waals surface area contributed by atoms with Gasteiger partial charge in [0.25, 0.3) is 5.56 Å². The van der Waals surface area contributed by atoms with Crippen molar-refractivity contribution in [2.24, 2.45) is 0 Å². The highest BCUT2D eigenvalue weighted by atomic mass is 16.5.